The van der Waals surface area contributed by atoms with Crippen molar-refractivity contribution in [1.82, 2.24) is 25.5 Å². The molecule has 132 valence electrons. The number of thioether (sulfide) groups is 1. The number of tetrazole rings is 1. The van der Waals surface area contributed by atoms with Crippen LogP contribution >= 0.6 is 11.8 Å². The number of nitrogens with zero attached hydrogens (tertiary/aromatic N) is 5. The van der Waals surface area contributed by atoms with Gasteiger partial charge in [0.25, 0.3) is 0 Å². The monoisotopic (exact) mass is 363 g/mol. The first-order chi connectivity index (χ1) is 12.1. The van der Waals surface area contributed by atoms with Crippen LogP contribution in [0.1, 0.15) is 0 Å². The summed E-state index contributed by atoms with van der Waals surface area (Å²) in [7, 11) is 1.76. The van der Waals surface area contributed by atoms with Crippen molar-refractivity contribution in [2.75, 3.05) is 35.7 Å². The molecule has 3 amide bonds. The highest BCUT2D eigenvalue weighted by atomic mass is 32.2. The number of carbonyl (C=O) groups excluding carboxylic acids is 2. The van der Waals surface area contributed by atoms with E-state index in [1.54, 1.807) is 36.0 Å². The SMILES string of the molecule is Cn1nnnc1SCCNC(=O)Nc1cccc(N2CCOC2=O)c1. The quantitative estimate of drug-likeness (QED) is 0.583. The number of ether oxygens (including phenoxy) is 1. The van der Waals surface area contributed by atoms with Crippen LogP contribution in [0.3, 0.4) is 0 Å². The van der Waals surface area contributed by atoms with Crippen LogP contribution in [0.25, 0.3) is 0 Å². The largest absolute Gasteiger partial charge is 0.447 e. The molecule has 1 aliphatic heterocycles. The number of anilines is 2. The molecule has 0 unspecified atom stereocenters. The van der Waals surface area contributed by atoms with Crippen LogP contribution in [0.15, 0.2) is 29.4 Å². The second-order valence-corrected chi connectivity index (χ2v) is 6.19. The van der Waals surface area contributed by atoms with Crippen LogP contribution in [0.2, 0.25) is 0 Å². The van der Waals surface area contributed by atoms with Crippen LogP contribution < -0.4 is 15.5 Å². The Kier molecular flexibility index (Phi) is 5.33. The van der Waals surface area contributed by atoms with E-state index >= 15 is 0 Å². The molecule has 1 aromatic heterocycles. The fourth-order valence-electron chi connectivity index (χ4n) is 2.21. The van der Waals surface area contributed by atoms with E-state index in [0.717, 1.165) is 0 Å². The van der Waals surface area contributed by atoms with E-state index in [-0.39, 0.29) is 12.1 Å². The van der Waals surface area contributed by atoms with E-state index in [9.17, 15) is 9.59 Å². The van der Waals surface area contributed by atoms with Gasteiger partial charge in [-0.05, 0) is 28.6 Å². The van der Waals surface area contributed by atoms with Crippen LogP contribution in [0.4, 0.5) is 21.0 Å². The highest BCUT2D eigenvalue weighted by Crippen LogP contribution is 2.22. The lowest BCUT2D eigenvalue weighted by atomic mass is 10.2. The Morgan fingerprint density at radius 1 is 1.44 bits per heavy atom. The van der Waals surface area contributed by atoms with Gasteiger partial charge in [-0.3, -0.25) is 4.90 Å². The Balaban J connectivity index is 1.46. The van der Waals surface area contributed by atoms with Crippen molar-refractivity contribution in [2.45, 2.75) is 5.16 Å². The number of aromatic nitrogens is 4. The molecule has 0 aliphatic carbocycles. The number of nitrogens with one attached hydrogen (secondary N) is 2. The molecule has 10 nitrogen and oxygen atoms in total. The molecule has 0 bridgehead atoms. The molecule has 1 aliphatic rings. The number of hydrogen-bond acceptors (Lipinski definition) is 7. The van der Waals surface area contributed by atoms with Gasteiger partial charge in [0, 0.05) is 30.7 Å². The van der Waals surface area contributed by atoms with Gasteiger partial charge in [0.2, 0.25) is 5.16 Å². The lowest BCUT2D eigenvalue weighted by Crippen LogP contribution is -2.30. The van der Waals surface area contributed by atoms with Gasteiger partial charge in [-0.15, -0.1) is 5.10 Å². The maximum absolute atomic E-state index is 12.0. The zero-order chi connectivity index (χ0) is 17.6. The van der Waals surface area contributed by atoms with Crippen molar-refractivity contribution in [2.24, 2.45) is 7.05 Å². The predicted octanol–water partition coefficient (Wildman–Crippen LogP) is 1.08. The maximum atomic E-state index is 12.0. The van der Waals surface area contributed by atoms with E-state index in [0.29, 0.717) is 42.0 Å². The molecule has 25 heavy (non-hydrogen) atoms. The summed E-state index contributed by atoms with van der Waals surface area (Å²) in [4.78, 5) is 25.1. The minimum atomic E-state index is -0.378. The van der Waals surface area contributed by atoms with E-state index in [1.807, 2.05) is 0 Å². The number of urea groups is 1. The molecular formula is C14H17N7O3S. The summed E-state index contributed by atoms with van der Waals surface area (Å²) in [5.74, 6) is 0.640. The zero-order valence-corrected chi connectivity index (χ0v) is 14.3. The summed E-state index contributed by atoms with van der Waals surface area (Å²) in [5, 5.41) is 17.3. The molecule has 1 aromatic carbocycles. The highest BCUT2D eigenvalue weighted by Gasteiger charge is 2.23. The first-order valence-corrected chi connectivity index (χ1v) is 8.56. The Morgan fingerprint density at radius 3 is 3.04 bits per heavy atom. The van der Waals surface area contributed by atoms with Crippen LogP contribution in [-0.4, -0.2) is 57.8 Å². The minimum absolute atomic E-state index is 0.321. The van der Waals surface area contributed by atoms with Gasteiger partial charge in [-0.25, -0.2) is 14.3 Å². The first kappa shape index (κ1) is 17.0. The molecule has 1 saturated heterocycles. The van der Waals surface area contributed by atoms with Crippen molar-refractivity contribution < 1.29 is 14.3 Å². The second-order valence-electron chi connectivity index (χ2n) is 5.13. The third kappa shape index (κ3) is 4.38. The van der Waals surface area contributed by atoms with E-state index in [2.05, 4.69) is 26.2 Å². The Bertz CT molecular complexity index is 766. The van der Waals surface area contributed by atoms with Gasteiger partial charge >= 0.3 is 12.1 Å². The molecule has 2 N–H and O–H groups in total. The Labute approximate surface area is 147 Å². The molecule has 1 fully saturated rings. The van der Waals surface area contributed by atoms with Crippen LogP contribution in [0.5, 0.6) is 0 Å². The maximum Gasteiger partial charge on any atom is 0.414 e. The summed E-state index contributed by atoms with van der Waals surface area (Å²) in [6.07, 6.45) is -0.378. The van der Waals surface area contributed by atoms with Crippen molar-refractivity contribution >= 4 is 35.3 Å². The number of aryl methyl sites for hydroxylation is 1. The third-order valence-corrected chi connectivity index (χ3v) is 4.39. The summed E-state index contributed by atoms with van der Waals surface area (Å²) in [6.45, 7) is 1.33. The molecule has 0 atom stereocenters. The van der Waals surface area contributed by atoms with Crippen molar-refractivity contribution in [3.05, 3.63) is 24.3 Å². The summed E-state index contributed by atoms with van der Waals surface area (Å²) >= 11 is 1.45. The fourth-order valence-corrected chi connectivity index (χ4v) is 2.91. The van der Waals surface area contributed by atoms with Crippen molar-refractivity contribution in [3.8, 4) is 0 Å². The molecule has 11 heteroatoms. The van der Waals surface area contributed by atoms with Gasteiger partial charge in [0.1, 0.15) is 6.61 Å². The summed E-state index contributed by atoms with van der Waals surface area (Å²) < 4.78 is 6.48. The van der Waals surface area contributed by atoms with E-state index < -0.39 is 0 Å². The third-order valence-electron chi connectivity index (χ3n) is 3.38. The molecule has 0 radical (unpaired) electrons. The standard InChI is InChI=1S/C14H17N7O3S/c1-20-13(17-18-19-20)25-8-5-15-12(22)16-10-3-2-4-11(9-10)21-6-7-24-14(21)23/h2-4,9H,5-8H2,1H3,(H2,15,16,22). The molecule has 2 heterocycles. The smallest absolute Gasteiger partial charge is 0.414 e. The van der Waals surface area contributed by atoms with E-state index in [4.69, 9.17) is 4.74 Å². The number of benzene rings is 1. The lowest BCUT2D eigenvalue weighted by Gasteiger charge is -2.14. The van der Waals surface area contributed by atoms with Crippen molar-refractivity contribution in [3.63, 3.8) is 0 Å². The van der Waals surface area contributed by atoms with Gasteiger partial charge in [0.05, 0.1) is 6.54 Å². The predicted molar refractivity (Wildman–Crippen MR) is 91.7 cm³/mol. The van der Waals surface area contributed by atoms with Gasteiger partial charge in [0.15, 0.2) is 0 Å². The normalized spacial score (nSPS) is 13.6. The lowest BCUT2D eigenvalue weighted by molar-refractivity contribution is 0.181. The number of carbonyl (C=O) groups is 2. The van der Waals surface area contributed by atoms with E-state index in [1.165, 1.54) is 16.7 Å². The number of rotatable bonds is 6. The summed E-state index contributed by atoms with van der Waals surface area (Å²) in [6, 6.07) is 6.73. The second kappa shape index (κ2) is 7.83. The molecule has 2 aromatic rings. The Hall–Kier alpha value is -2.82. The number of hydrogen-bond donors (Lipinski definition) is 2. The highest BCUT2D eigenvalue weighted by molar-refractivity contribution is 7.99. The average molecular weight is 363 g/mol. The van der Waals surface area contributed by atoms with Gasteiger partial charge in [-0.2, -0.15) is 0 Å². The fraction of sp³-hybridized carbons (Fsp3) is 0.357. The molecule has 0 spiro atoms. The van der Waals surface area contributed by atoms with Crippen molar-refractivity contribution in [1.29, 1.82) is 0 Å². The molecule has 3 rings (SSSR count). The Morgan fingerprint density at radius 2 is 2.32 bits per heavy atom. The molecular weight excluding hydrogens is 346 g/mol. The number of amides is 3. The first-order valence-electron chi connectivity index (χ1n) is 7.58. The zero-order valence-electron chi connectivity index (χ0n) is 13.5. The topological polar surface area (TPSA) is 114 Å². The summed E-state index contributed by atoms with van der Waals surface area (Å²) in [5.41, 5.74) is 1.28. The van der Waals surface area contributed by atoms with Gasteiger partial charge in [-0.1, -0.05) is 17.8 Å². The number of cyclic esters (lactones) is 1. The van der Waals surface area contributed by atoms with Crippen LogP contribution in [-0.2, 0) is 11.8 Å². The van der Waals surface area contributed by atoms with Gasteiger partial charge < -0.3 is 15.4 Å². The van der Waals surface area contributed by atoms with Crippen LogP contribution in [0, 0.1) is 0 Å². The minimum Gasteiger partial charge on any atom is -0.447 e. The average Bonchev–Trinajstić information content (AvgIpc) is 3.20. The molecule has 0 saturated carbocycles.